The molecule has 3 aromatic rings. The molecule has 7 heteroatoms. The first-order valence-electron chi connectivity index (χ1n) is 8.99. The number of methoxy groups -OCH3 is 1. The number of nitrogens with zero attached hydrogens (tertiary/aromatic N) is 1. The standard InChI is InChI=1S/C22H22N2O4S/c1-17-9-8-10-18(15-17)23-22(25)16-24(20-13-6-7-14-21(20)28-2)29(26,27)19-11-4-3-5-12-19/h3-15H,16H2,1-2H3,(H,23,25). The molecule has 0 heterocycles. The molecule has 0 saturated heterocycles. The van der Waals surface area contributed by atoms with Crippen LogP contribution in [0.25, 0.3) is 0 Å². The lowest BCUT2D eigenvalue weighted by Crippen LogP contribution is -2.38. The van der Waals surface area contributed by atoms with Crippen LogP contribution in [-0.4, -0.2) is 28.0 Å². The van der Waals surface area contributed by atoms with Crippen LogP contribution in [0.1, 0.15) is 5.56 Å². The summed E-state index contributed by atoms with van der Waals surface area (Å²) in [7, 11) is -2.53. The average molecular weight is 410 g/mol. The van der Waals surface area contributed by atoms with Crippen LogP contribution < -0.4 is 14.4 Å². The molecule has 0 bridgehead atoms. The smallest absolute Gasteiger partial charge is 0.264 e. The zero-order valence-corrected chi connectivity index (χ0v) is 17.0. The monoisotopic (exact) mass is 410 g/mol. The molecule has 0 aliphatic heterocycles. The Morgan fingerprint density at radius 2 is 1.66 bits per heavy atom. The summed E-state index contributed by atoms with van der Waals surface area (Å²) in [4.78, 5) is 12.8. The molecular formula is C22H22N2O4S. The summed E-state index contributed by atoms with van der Waals surface area (Å²) >= 11 is 0. The summed E-state index contributed by atoms with van der Waals surface area (Å²) in [5.41, 5.74) is 1.88. The first-order chi connectivity index (χ1) is 13.9. The second kappa shape index (κ2) is 8.79. The summed E-state index contributed by atoms with van der Waals surface area (Å²) in [6.45, 7) is 1.52. The lowest BCUT2D eigenvalue weighted by Gasteiger charge is -2.25. The molecule has 0 atom stereocenters. The SMILES string of the molecule is COc1ccccc1N(CC(=O)Nc1cccc(C)c1)S(=O)(=O)c1ccccc1. The third-order valence-corrected chi connectivity index (χ3v) is 6.05. The third kappa shape index (κ3) is 4.75. The van der Waals surface area contributed by atoms with Gasteiger partial charge in [-0.1, -0.05) is 42.5 Å². The van der Waals surface area contributed by atoms with Crippen LogP contribution in [0.5, 0.6) is 5.75 Å². The summed E-state index contributed by atoms with van der Waals surface area (Å²) in [6, 6.07) is 22.0. The molecule has 0 radical (unpaired) electrons. The predicted octanol–water partition coefficient (Wildman–Crippen LogP) is 3.84. The third-order valence-electron chi connectivity index (χ3n) is 4.27. The molecule has 6 nitrogen and oxygen atoms in total. The van der Waals surface area contributed by atoms with Crippen molar-refractivity contribution in [3.8, 4) is 5.75 Å². The van der Waals surface area contributed by atoms with E-state index >= 15 is 0 Å². The Bertz CT molecular complexity index is 1100. The number of carbonyl (C=O) groups is 1. The van der Waals surface area contributed by atoms with Gasteiger partial charge in [-0.3, -0.25) is 9.10 Å². The van der Waals surface area contributed by atoms with E-state index in [2.05, 4.69) is 5.32 Å². The van der Waals surface area contributed by atoms with Gasteiger partial charge in [0, 0.05) is 5.69 Å². The summed E-state index contributed by atoms with van der Waals surface area (Å²) < 4.78 is 33.1. The fourth-order valence-electron chi connectivity index (χ4n) is 2.91. The van der Waals surface area contributed by atoms with Crippen molar-refractivity contribution < 1.29 is 17.9 Å². The molecule has 0 unspecified atom stereocenters. The van der Waals surface area contributed by atoms with Crippen molar-refractivity contribution in [2.75, 3.05) is 23.3 Å². The lowest BCUT2D eigenvalue weighted by molar-refractivity contribution is -0.114. The van der Waals surface area contributed by atoms with Crippen LogP contribution in [0.4, 0.5) is 11.4 Å². The Hall–Kier alpha value is -3.32. The van der Waals surface area contributed by atoms with Crippen LogP contribution in [0.2, 0.25) is 0 Å². The van der Waals surface area contributed by atoms with Gasteiger partial charge in [0.05, 0.1) is 17.7 Å². The zero-order valence-electron chi connectivity index (χ0n) is 16.2. The van der Waals surface area contributed by atoms with Crippen molar-refractivity contribution in [2.45, 2.75) is 11.8 Å². The van der Waals surface area contributed by atoms with E-state index in [0.29, 0.717) is 17.1 Å². The number of hydrogen-bond acceptors (Lipinski definition) is 4. The molecule has 3 aromatic carbocycles. The minimum atomic E-state index is -3.99. The molecule has 0 spiro atoms. The molecule has 0 aliphatic carbocycles. The highest BCUT2D eigenvalue weighted by atomic mass is 32.2. The van der Waals surface area contributed by atoms with Gasteiger partial charge in [0.15, 0.2) is 0 Å². The van der Waals surface area contributed by atoms with Crippen molar-refractivity contribution >= 4 is 27.3 Å². The number of benzene rings is 3. The van der Waals surface area contributed by atoms with Gasteiger partial charge in [-0.05, 0) is 48.9 Å². The van der Waals surface area contributed by atoms with Gasteiger partial charge < -0.3 is 10.1 Å². The number of hydrogen-bond donors (Lipinski definition) is 1. The lowest BCUT2D eigenvalue weighted by atomic mass is 10.2. The number of carbonyl (C=O) groups excluding carboxylic acids is 1. The van der Waals surface area contributed by atoms with Crippen LogP contribution >= 0.6 is 0 Å². The molecule has 3 rings (SSSR count). The first kappa shape index (κ1) is 20.4. The minimum Gasteiger partial charge on any atom is -0.495 e. The predicted molar refractivity (Wildman–Crippen MR) is 114 cm³/mol. The second-order valence-electron chi connectivity index (χ2n) is 6.41. The molecule has 0 saturated carbocycles. The van der Waals surface area contributed by atoms with Crippen molar-refractivity contribution in [1.82, 2.24) is 0 Å². The van der Waals surface area contributed by atoms with Crippen LogP contribution in [-0.2, 0) is 14.8 Å². The number of anilines is 2. The Morgan fingerprint density at radius 1 is 0.966 bits per heavy atom. The van der Waals surface area contributed by atoms with Crippen molar-refractivity contribution in [3.05, 3.63) is 84.4 Å². The number of nitrogens with one attached hydrogen (secondary N) is 1. The maximum atomic E-state index is 13.3. The van der Waals surface area contributed by atoms with Crippen molar-refractivity contribution in [3.63, 3.8) is 0 Å². The normalized spacial score (nSPS) is 11.0. The second-order valence-corrected chi connectivity index (χ2v) is 8.28. The van der Waals surface area contributed by atoms with E-state index in [1.807, 2.05) is 25.1 Å². The molecule has 1 N–H and O–H groups in total. The molecule has 1 amide bonds. The number of rotatable bonds is 7. The summed E-state index contributed by atoms with van der Waals surface area (Å²) in [5.74, 6) is -0.101. The number of ether oxygens (including phenoxy) is 1. The zero-order chi connectivity index (χ0) is 20.9. The first-order valence-corrected chi connectivity index (χ1v) is 10.4. The van der Waals surface area contributed by atoms with Gasteiger partial charge in [-0.2, -0.15) is 0 Å². The van der Waals surface area contributed by atoms with E-state index in [4.69, 9.17) is 4.74 Å². The fraction of sp³-hybridized carbons (Fsp3) is 0.136. The Morgan fingerprint density at radius 3 is 2.34 bits per heavy atom. The van der Waals surface area contributed by atoms with Gasteiger partial charge >= 0.3 is 0 Å². The van der Waals surface area contributed by atoms with Gasteiger partial charge in [0.1, 0.15) is 12.3 Å². The van der Waals surface area contributed by atoms with Crippen molar-refractivity contribution in [1.29, 1.82) is 0 Å². The van der Waals surface area contributed by atoms with Gasteiger partial charge in [-0.15, -0.1) is 0 Å². The Balaban J connectivity index is 1.98. The molecule has 150 valence electrons. The molecule has 0 aliphatic rings. The van der Waals surface area contributed by atoms with Crippen LogP contribution in [0.3, 0.4) is 0 Å². The minimum absolute atomic E-state index is 0.0919. The van der Waals surface area contributed by atoms with E-state index in [1.165, 1.54) is 19.2 Å². The maximum absolute atomic E-state index is 13.3. The molecular weight excluding hydrogens is 388 g/mol. The molecule has 0 fully saturated rings. The number of sulfonamides is 1. The number of aryl methyl sites for hydroxylation is 1. The van der Waals surface area contributed by atoms with E-state index in [1.54, 1.807) is 48.5 Å². The Kier molecular flexibility index (Phi) is 6.19. The highest BCUT2D eigenvalue weighted by molar-refractivity contribution is 7.92. The van der Waals surface area contributed by atoms with E-state index < -0.39 is 22.5 Å². The topological polar surface area (TPSA) is 75.7 Å². The van der Waals surface area contributed by atoms with E-state index in [0.717, 1.165) is 9.87 Å². The highest BCUT2D eigenvalue weighted by Crippen LogP contribution is 2.32. The van der Waals surface area contributed by atoms with Gasteiger partial charge in [0.25, 0.3) is 10.0 Å². The molecule has 29 heavy (non-hydrogen) atoms. The summed E-state index contributed by atoms with van der Waals surface area (Å²) in [6.07, 6.45) is 0. The largest absolute Gasteiger partial charge is 0.495 e. The summed E-state index contributed by atoms with van der Waals surface area (Å²) in [5, 5.41) is 2.76. The van der Waals surface area contributed by atoms with E-state index in [9.17, 15) is 13.2 Å². The number of para-hydroxylation sites is 2. The fourth-order valence-corrected chi connectivity index (χ4v) is 4.36. The maximum Gasteiger partial charge on any atom is 0.264 e. The van der Waals surface area contributed by atoms with Crippen molar-refractivity contribution in [2.24, 2.45) is 0 Å². The molecule has 0 aromatic heterocycles. The van der Waals surface area contributed by atoms with Crippen LogP contribution in [0.15, 0.2) is 83.8 Å². The van der Waals surface area contributed by atoms with Gasteiger partial charge in [0.2, 0.25) is 5.91 Å². The number of amides is 1. The van der Waals surface area contributed by atoms with E-state index in [-0.39, 0.29) is 4.90 Å². The van der Waals surface area contributed by atoms with Crippen LogP contribution in [0, 0.1) is 6.92 Å². The van der Waals surface area contributed by atoms with Gasteiger partial charge in [-0.25, -0.2) is 8.42 Å². The average Bonchev–Trinajstić information content (AvgIpc) is 2.72. The Labute approximate surface area is 170 Å². The highest BCUT2D eigenvalue weighted by Gasteiger charge is 2.29. The quantitative estimate of drug-likeness (QED) is 0.642.